The highest BCUT2D eigenvalue weighted by Crippen LogP contribution is 2.22. The van der Waals surface area contributed by atoms with E-state index in [4.69, 9.17) is 4.74 Å². The molecule has 1 aromatic rings. The van der Waals surface area contributed by atoms with Crippen LogP contribution < -0.4 is 4.74 Å². The quantitative estimate of drug-likeness (QED) is 0.668. The topological polar surface area (TPSA) is 9.23 Å². The van der Waals surface area contributed by atoms with Gasteiger partial charge in [0, 0.05) is 6.42 Å². The van der Waals surface area contributed by atoms with E-state index in [2.05, 4.69) is 0 Å². The lowest BCUT2D eigenvalue weighted by molar-refractivity contribution is -0.135. The van der Waals surface area contributed by atoms with Gasteiger partial charge in [-0.25, -0.2) is 0 Å². The van der Waals surface area contributed by atoms with Crippen molar-refractivity contribution >= 4 is 0 Å². The summed E-state index contributed by atoms with van der Waals surface area (Å²) in [5, 5.41) is 0. The maximum Gasteiger partial charge on any atom is 0.389 e. The minimum atomic E-state index is -4.03. The van der Waals surface area contributed by atoms with E-state index in [1.165, 1.54) is 0 Å². The molecule has 0 spiro atoms. The summed E-state index contributed by atoms with van der Waals surface area (Å²) in [5.41, 5.74) is 0. The van der Waals surface area contributed by atoms with E-state index in [0.29, 0.717) is 19.4 Å². The fraction of sp³-hybridized carbons (Fsp3) is 0.500. The first-order chi connectivity index (χ1) is 7.58. The van der Waals surface area contributed by atoms with Gasteiger partial charge in [0.1, 0.15) is 5.75 Å². The second-order valence-electron chi connectivity index (χ2n) is 3.59. The zero-order valence-electron chi connectivity index (χ0n) is 8.96. The lowest BCUT2D eigenvalue weighted by atomic mass is 10.2. The summed E-state index contributed by atoms with van der Waals surface area (Å²) in [7, 11) is 0. The van der Waals surface area contributed by atoms with Crippen LogP contribution >= 0.6 is 0 Å². The largest absolute Gasteiger partial charge is 0.494 e. The molecule has 0 heterocycles. The lowest BCUT2D eigenvalue weighted by Gasteiger charge is -2.07. The van der Waals surface area contributed by atoms with Crippen LogP contribution in [0.4, 0.5) is 13.2 Å². The number of hydrogen-bond donors (Lipinski definition) is 0. The maximum atomic E-state index is 11.8. The Hall–Kier alpha value is -1.19. The van der Waals surface area contributed by atoms with Gasteiger partial charge in [0.25, 0.3) is 0 Å². The van der Waals surface area contributed by atoms with Crippen molar-refractivity contribution in [1.29, 1.82) is 0 Å². The Labute approximate surface area is 93.2 Å². The van der Waals surface area contributed by atoms with Crippen molar-refractivity contribution < 1.29 is 17.9 Å². The summed E-state index contributed by atoms with van der Waals surface area (Å²) in [4.78, 5) is 0. The molecule has 0 fully saturated rings. The van der Waals surface area contributed by atoms with Crippen molar-refractivity contribution in [3.8, 4) is 5.75 Å². The Morgan fingerprint density at radius 2 is 1.62 bits per heavy atom. The van der Waals surface area contributed by atoms with Gasteiger partial charge in [-0.3, -0.25) is 0 Å². The first-order valence-corrected chi connectivity index (χ1v) is 5.32. The van der Waals surface area contributed by atoms with Crippen LogP contribution in [-0.2, 0) is 0 Å². The molecule has 90 valence electrons. The molecule has 0 saturated heterocycles. The molecule has 1 nitrogen and oxygen atoms in total. The molecule has 0 aliphatic heterocycles. The maximum absolute atomic E-state index is 11.8. The van der Waals surface area contributed by atoms with Gasteiger partial charge in [-0.1, -0.05) is 18.2 Å². The first-order valence-electron chi connectivity index (χ1n) is 5.32. The molecule has 0 saturated carbocycles. The van der Waals surface area contributed by atoms with E-state index in [1.807, 2.05) is 30.3 Å². The summed E-state index contributed by atoms with van der Waals surface area (Å²) in [5.74, 6) is 0.762. The molecule has 0 aliphatic rings. The van der Waals surface area contributed by atoms with E-state index >= 15 is 0 Å². The van der Waals surface area contributed by atoms with Gasteiger partial charge in [-0.15, -0.1) is 0 Å². The van der Waals surface area contributed by atoms with Crippen LogP contribution in [0.5, 0.6) is 5.75 Å². The van der Waals surface area contributed by atoms with E-state index in [1.54, 1.807) is 0 Å². The zero-order chi connectivity index (χ0) is 11.9. The SMILES string of the molecule is FC(F)(F)CCCCCOc1ccccc1. The molecule has 4 heteroatoms. The van der Waals surface area contributed by atoms with Crippen molar-refractivity contribution in [3.05, 3.63) is 30.3 Å². The van der Waals surface area contributed by atoms with Crippen molar-refractivity contribution in [3.63, 3.8) is 0 Å². The van der Waals surface area contributed by atoms with E-state index in [9.17, 15) is 13.2 Å². The van der Waals surface area contributed by atoms with Crippen LogP contribution in [0, 0.1) is 0 Å². The molecule has 16 heavy (non-hydrogen) atoms. The predicted molar refractivity (Wildman–Crippen MR) is 56.5 cm³/mol. The highest BCUT2D eigenvalue weighted by Gasteiger charge is 2.25. The van der Waals surface area contributed by atoms with Crippen LogP contribution in [0.15, 0.2) is 30.3 Å². The van der Waals surface area contributed by atoms with E-state index in [0.717, 1.165) is 5.75 Å². The number of alkyl halides is 3. The number of unbranched alkanes of at least 4 members (excludes halogenated alkanes) is 2. The average molecular weight is 232 g/mol. The monoisotopic (exact) mass is 232 g/mol. The fourth-order valence-corrected chi connectivity index (χ4v) is 1.31. The van der Waals surface area contributed by atoms with Crippen molar-refractivity contribution in [2.75, 3.05) is 6.61 Å². The second kappa shape index (κ2) is 6.40. The molecule has 0 atom stereocenters. The smallest absolute Gasteiger partial charge is 0.389 e. The molecule has 0 radical (unpaired) electrons. The van der Waals surface area contributed by atoms with E-state index in [-0.39, 0.29) is 6.42 Å². The van der Waals surface area contributed by atoms with Gasteiger partial charge in [-0.05, 0) is 31.4 Å². The minimum Gasteiger partial charge on any atom is -0.494 e. The van der Waals surface area contributed by atoms with Gasteiger partial charge < -0.3 is 4.74 Å². The summed E-state index contributed by atoms with van der Waals surface area (Å²) in [6.07, 6.45) is -3.34. The number of hydrogen-bond acceptors (Lipinski definition) is 1. The molecular formula is C12H15F3O. The Kier molecular flexibility index (Phi) is 5.15. The number of para-hydroxylation sites is 1. The van der Waals surface area contributed by atoms with Crippen LogP contribution in [-0.4, -0.2) is 12.8 Å². The first kappa shape index (κ1) is 12.9. The third-order valence-electron chi connectivity index (χ3n) is 2.12. The third kappa shape index (κ3) is 6.32. The predicted octanol–water partition coefficient (Wildman–Crippen LogP) is 4.19. The van der Waals surface area contributed by atoms with Crippen LogP contribution in [0.25, 0.3) is 0 Å². The minimum absolute atomic E-state index is 0.182. The molecule has 0 bridgehead atoms. The molecule has 0 amide bonds. The summed E-state index contributed by atoms with van der Waals surface area (Å²) < 4.78 is 40.8. The fourth-order valence-electron chi connectivity index (χ4n) is 1.31. The normalized spacial score (nSPS) is 11.4. The number of ether oxygens (including phenoxy) is 1. The van der Waals surface area contributed by atoms with Crippen LogP contribution in [0.2, 0.25) is 0 Å². The van der Waals surface area contributed by atoms with Crippen molar-refractivity contribution in [1.82, 2.24) is 0 Å². The van der Waals surface area contributed by atoms with Gasteiger partial charge in [0.05, 0.1) is 6.61 Å². The zero-order valence-corrected chi connectivity index (χ0v) is 8.96. The van der Waals surface area contributed by atoms with Gasteiger partial charge >= 0.3 is 6.18 Å². The second-order valence-corrected chi connectivity index (χ2v) is 3.59. The molecular weight excluding hydrogens is 217 g/mol. The van der Waals surface area contributed by atoms with Gasteiger partial charge in [-0.2, -0.15) is 13.2 Å². The van der Waals surface area contributed by atoms with Crippen LogP contribution in [0.1, 0.15) is 25.7 Å². The third-order valence-corrected chi connectivity index (χ3v) is 2.12. The van der Waals surface area contributed by atoms with Crippen LogP contribution in [0.3, 0.4) is 0 Å². The Bertz CT molecular complexity index is 282. The summed E-state index contributed by atoms with van der Waals surface area (Å²) in [6, 6.07) is 9.26. The molecule has 0 N–H and O–H groups in total. The molecule has 0 aromatic heterocycles. The highest BCUT2D eigenvalue weighted by atomic mass is 19.4. The van der Waals surface area contributed by atoms with Crippen molar-refractivity contribution in [2.45, 2.75) is 31.9 Å². The Morgan fingerprint density at radius 3 is 2.25 bits per heavy atom. The Balaban J connectivity index is 2.01. The van der Waals surface area contributed by atoms with E-state index < -0.39 is 12.6 Å². The highest BCUT2D eigenvalue weighted by molar-refractivity contribution is 5.20. The molecule has 0 unspecified atom stereocenters. The van der Waals surface area contributed by atoms with Crippen molar-refractivity contribution in [2.24, 2.45) is 0 Å². The summed E-state index contributed by atoms with van der Waals surface area (Å²) in [6.45, 7) is 0.474. The number of rotatable bonds is 6. The molecule has 0 aliphatic carbocycles. The Morgan fingerprint density at radius 1 is 0.938 bits per heavy atom. The summed E-state index contributed by atoms with van der Waals surface area (Å²) >= 11 is 0. The number of halogens is 3. The average Bonchev–Trinajstić information content (AvgIpc) is 2.23. The van der Waals surface area contributed by atoms with Gasteiger partial charge in [0.2, 0.25) is 0 Å². The standard InChI is InChI=1S/C12H15F3O/c13-12(14,15)9-5-2-6-10-16-11-7-3-1-4-8-11/h1,3-4,7-8H,2,5-6,9-10H2. The molecule has 1 rings (SSSR count). The lowest BCUT2D eigenvalue weighted by Crippen LogP contribution is -2.06. The van der Waals surface area contributed by atoms with Gasteiger partial charge in [0.15, 0.2) is 0 Å². The number of benzene rings is 1. The molecule has 1 aromatic carbocycles.